The standard InChI is InChI=1S/C17H18O8/c1-6-9-10(22-14(6)19)12(21-7(2)18)16(3)8(24-16)4-5-17-13(25-17)11(9)23-15(17)20/h8,10-13H,4-5H2,1-3H3/t8?,10?,11-,12-,13?,16?,17+/m0/s1. The van der Waals surface area contributed by atoms with Crippen molar-refractivity contribution in [3.05, 3.63) is 11.1 Å². The topological polar surface area (TPSA) is 104 Å². The molecule has 8 heteroatoms. The Kier molecular flexibility index (Phi) is 2.71. The zero-order chi connectivity index (χ0) is 17.7. The molecule has 5 rings (SSSR count). The number of hydrogen-bond acceptors (Lipinski definition) is 8. The smallest absolute Gasteiger partial charge is 0.342 e. The molecule has 3 saturated heterocycles. The summed E-state index contributed by atoms with van der Waals surface area (Å²) in [6.07, 6.45) is -1.91. The fourth-order valence-electron chi connectivity index (χ4n) is 4.54. The molecule has 0 aromatic rings. The van der Waals surface area contributed by atoms with Gasteiger partial charge in [0.2, 0.25) is 0 Å². The van der Waals surface area contributed by atoms with E-state index in [9.17, 15) is 14.4 Å². The van der Waals surface area contributed by atoms with Crippen LogP contribution in [0.4, 0.5) is 0 Å². The Morgan fingerprint density at radius 3 is 2.64 bits per heavy atom. The molecule has 0 spiro atoms. The molecule has 4 aliphatic heterocycles. The fourth-order valence-corrected chi connectivity index (χ4v) is 4.54. The first-order chi connectivity index (χ1) is 11.8. The van der Waals surface area contributed by atoms with Gasteiger partial charge in [0.25, 0.3) is 0 Å². The van der Waals surface area contributed by atoms with E-state index in [-0.39, 0.29) is 6.10 Å². The lowest BCUT2D eigenvalue weighted by Gasteiger charge is -2.29. The second-order valence-electron chi connectivity index (χ2n) is 7.52. The highest BCUT2D eigenvalue weighted by Crippen LogP contribution is 2.58. The lowest BCUT2D eigenvalue weighted by Crippen LogP contribution is -2.47. The molecule has 8 nitrogen and oxygen atoms in total. The molecule has 0 radical (unpaired) electrons. The van der Waals surface area contributed by atoms with Gasteiger partial charge in [-0.1, -0.05) is 0 Å². The third kappa shape index (κ3) is 1.81. The summed E-state index contributed by atoms with van der Waals surface area (Å²) in [4.78, 5) is 36.2. The van der Waals surface area contributed by atoms with Crippen LogP contribution in [0.2, 0.25) is 0 Å². The van der Waals surface area contributed by atoms with Gasteiger partial charge in [0, 0.05) is 18.1 Å². The van der Waals surface area contributed by atoms with Crippen LogP contribution in [0.5, 0.6) is 0 Å². The van der Waals surface area contributed by atoms with Crippen molar-refractivity contribution in [3.8, 4) is 0 Å². The first-order valence-corrected chi connectivity index (χ1v) is 8.43. The molecule has 134 valence electrons. The van der Waals surface area contributed by atoms with Crippen molar-refractivity contribution in [1.82, 2.24) is 0 Å². The Morgan fingerprint density at radius 2 is 1.96 bits per heavy atom. The van der Waals surface area contributed by atoms with Crippen LogP contribution in [0, 0.1) is 0 Å². The second-order valence-corrected chi connectivity index (χ2v) is 7.52. The molecule has 2 bridgehead atoms. The molecular formula is C17H18O8. The van der Waals surface area contributed by atoms with Gasteiger partial charge in [0.1, 0.15) is 11.7 Å². The summed E-state index contributed by atoms with van der Waals surface area (Å²) in [5.74, 6) is -1.40. The Morgan fingerprint density at radius 1 is 1.20 bits per heavy atom. The van der Waals surface area contributed by atoms with Crippen molar-refractivity contribution in [2.45, 2.75) is 75.3 Å². The molecule has 0 aromatic heterocycles. The van der Waals surface area contributed by atoms with Crippen molar-refractivity contribution in [1.29, 1.82) is 0 Å². The average Bonchev–Trinajstić information content (AvgIpc) is 3.37. The van der Waals surface area contributed by atoms with Crippen LogP contribution in [0.3, 0.4) is 0 Å². The molecular weight excluding hydrogens is 332 g/mol. The van der Waals surface area contributed by atoms with Crippen molar-refractivity contribution < 1.29 is 38.1 Å². The number of hydrogen-bond donors (Lipinski definition) is 0. The molecule has 0 aromatic carbocycles. The number of esters is 3. The van der Waals surface area contributed by atoms with Gasteiger partial charge >= 0.3 is 17.9 Å². The molecule has 1 saturated carbocycles. The number of epoxide rings is 2. The number of rotatable bonds is 1. The summed E-state index contributed by atoms with van der Waals surface area (Å²) in [5, 5.41) is 0. The van der Waals surface area contributed by atoms with Gasteiger partial charge in [0.15, 0.2) is 23.9 Å². The number of carbonyl (C=O) groups excluding carboxylic acids is 3. The van der Waals surface area contributed by atoms with Gasteiger partial charge in [-0.3, -0.25) is 4.79 Å². The van der Waals surface area contributed by atoms with E-state index in [4.69, 9.17) is 23.7 Å². The van der Waals surface area contributed by atoms with Crippen molar-refractivity contribution in [2.75, 3.05) is 0 Å². The number of carbonyl (C=O) groups is 3. The summed E-state index contributed by atoms with van der Waals surface area (Å²) in [5.41, 5.74) is -0.818. The van der Waals surface area contributed by atoms with E-state index in [0.717, 1.165) is 0 Å². The summed E-state index contributed by atoms with van der Waals surface area (Å²) >= 11 is 0. The molecule has 1 aliphatic carbocycles. The van der Waals surface area contributed by atoms with Crippen LogP contribution in [0.1, 0.15) is 33.6 Å². The van der Waals surface area contributed by atoms with E-state index in [2.05, 4.69) is 0 Å². The number of fused-ring (bicyclic) bond motifs is 3. The maximum Gasteiger partial charge on any atom is 0.342 e. The van der Waals surface area contributed by atoms with Crippen LogP contribution < -0.4 is 0 Å². The highest BCUT2D eigenvalue weighted by molar-refractivity contribution is 5.94. The maximum atomic E-state index is 12.4. The Labute approximate surface area is 143 Å². The predicted molar refractivity (Wildman–Crippen MR) is 78.1 cm³/mol. The van der Waals surface area contributed by atoms with Gasteiger partial charge in [-0.25, -0.2) is 9.59 Å². The fraction of sp³-hybridized carbons (Fsp3) is 0.706. The normalized spacial score (nSPS) is 49.5. The van der Waals surface area contributed by atoms with E-state index >= 15 is 0 Å². The van der Waals surface area contributed by atoms with Crippen molar-refractivity contribution >= 4 is 17.9 Å². The molecule has 4 unspecified atom stereocenters. The molecule has 25 heavy (non-hydrogen) atoms. The maximum absolute atomic E-state index is 12.4. The molecule has 4 fully saturated rings. The minimum atomic E-state index is -0.935. The Balaban J connectivity index is 1.62. The lowest BCUT2D eigenvalue weighted by atomic mass is 9.83. The molecule has 5 aliphatic rings. The highest BCUT2D eigenvalue weighted by Gasteiger charge is 2.77. The second kappa shape index (κ2) is 4.42. The average molecular weight is 350 g/mol. The van der Waals surface area contributed by atoms with Crippen LogP contribution in [-0.4, -0.2) is 59.6 Å². The van der Waals surface area contributed by atoms with E-state index in [1.165, 1.54) is 6.92 Å². The predicted octanol–water partition coefficient (Wildman–Crippen LogP) is 0.174. The summed E-state index contributed by atoms with van der Waals surface area (Å²) in [6.45, 7) is 4.76. The summed E-state index contributed by atoms with van der Waals surface area (Å²) < 4.78 is 28.1. The van der Waals surface area contributed by atoms with Crippen LogP contribution >= 0.6 is 0 Å². The van der Waals surface area contributed by atoms with E-state index < -0.39 is 53.5 Å². The van der Waals surface area contributed by atoms with Gasteiger partial charge < -0.3 is 23.7 Å². The number of ether oxygens (including phenoxy) is 5. The molecule has 4 heterocycles. The third-order valence-corrected chi connectivity index (χ3v) is 6.07. The van der Waals surface area contributed by atoms with E-state index in [1.54, 1.807) is 6.92 Å². The minimum Gasteiger partial charge on any atom is -0.455 e. The van der Waals surface area contributed by atoms with Gasteiger partial charge in [-0.05, 0) is 26.7 Å². The minimum absolute atomic E-state index is 0.207. The zero-order valence-corrected chi connectivity index (χ0v) is 14.1. The first-order valence-electron chi connectivity index (χ1n) is 8.43. The molecule has 0 amide bonds. The molecule has 0 N–H and O–H groups in total. The largest absolute Gasteiger partial charge is 0.455 e. The van der Waals surface area contributed by atoms with Crippen molar-refractivity contribution in [2.24, 2.45) is 0 Å². The lowest BCUT2D eigenvalue weighted by molar-refractivity contribution is -0.165. The van der Waals surface area contributed by atoms with Crippen LogP contribution in [0.25, 0.3) is 0 Å². The summed E-state index contributed by atoms with van der Waals surface area (Å²) in [7, 11) is 0. The SMILES string of the molecule is CC(=O)O[C@H]1C2OC(=O)C(C)=C2[C@@H]2OC(=O)[C@]3(CCC4OC41C)OC23. The molecule has 7 atom stereocenters. The van der Waals surface area contributed by atoms with Crippen molar-refractivity contribution in [3.63, 3.8) is 0 Å². The van der Waals surface area contributed by atoms with E-state index in [0.29, 0.717) is 24.0 Å². The van der Waals surface area contributed by atoms with Gasteiger partial charge in [-0.15, -0.1) is 0 Å². The van der Waals surface area contributed by atoms with E-state index in [1.807, 2.05) is 6.92 Å². The quantitative estimate of drug-likeness (QED) is 0.375. The van der Waals surface area contributed by atoms with Gasteiger partial charge in [-0.2, -0.15) is 0 Å². The third-order valence-electron chi connectivity index (χ3n) is 6.07. The highest BCUT2D eigenvalue weighted by atomic mass is 16.7. The van der Waals surface area contributed by atoms with Crippen LogP contribution in [0.15, 0.2) is 11.1 Å². The Bertz CT molecular complexity index is 756. The Hall–Kier alpha value is -1.93. The summed E-state index contributed by atoms with van der Waals surface area (Å²) in [6, 6.07) is 0. The monoisotopic (exact) mass is 350 g/mol. The van der Waals surface area contributed by atoms with Crippen LogP contribution in [-0.2, 0) is 38.1 Å². The van der Waals surface area contributed by atoms with Gasteiger partial charge in [0.05, 0.1) is 6.10 Å². The first kappa shape index (κ1) is 15.3. The zero-order valence-electron chi connectivity index (χ0n) is 14.1.